The topological polar surface area (TPSA) is 26.3 Å². The van der Waals surface area contributed by atoms with Gasteiger partial charge in [0.25, 0.3) is 0 Å². The average Bonchev–Trinajstić information content (AvgIpc) is 2.26. The third-order valence-electron chi connectivity index (χ3n) is 1.80. The van der Waals surface area contributed by atoms with Crippen LogP contribution in [0, 0.1) is 0 Å². The molecule has 76 valence electrons. The van der Waals surface area contributed by atoms with Crippen molar-refractivity contribution in [3.05, 3.63) is 35.9 Å². The predicted octanol–water partition coefficient (Wildman–Crippen LogP) is 2.59. The summed E-state index contributed by atoms with van der Waals surface area (Å²) >= 11 is 1.43. The van der Waals surface area contributed by atoms with Crippen LogP contribution in [0.2, 0.25) is 0 Å². The van der Waals surface area contributed by atoms with Crippen molar-refractivity contribution in [3.8, 4) is 0 Å². The molecular weight excluding hydrogens is 196 g/mol. The first-order chi connectivity index (χ1) is 6.79. The summed E-state index contributed by atoms with van der Waals surface area (Å²) in [4.78, 5) is 11.8. The minimum absolute atomic E-state index is 0.0416. The van der Waals surface area contributed by atoms with Crippen LogP contribution in [0.4, 0.5) is 0 Å². The van der Waals surface area contributed by atoms with E-state index in [4.69, 9.17) is 4.74 Å². The molecule has 1 atom stereocenters. The number of benzene rings is 1. The van der Waals surface area contributed by atoms with Gasteiger partial charge in [-0.2, -0.15) is 0 Å². The molecule has 0 N–H and O–H groups in total. The van der Waals surface area contributed by atoms with Crippen LogP contribution < -0.4 is 0 Å². The maximum absolute atomic E-state index is 11.8. The lowest BCUT2D eigenvalue weighted by atomic mass is 10.1. The molecular formula is C11H14O2S. The van der Waals surface area contributed by atoms with Crippen LogP contribution >= 0.6 is 11.8 Å². The zero-order valence-electron chi connectivity index (χ0n) is 8.40. The molecule has 2 nitrogen and oxygen atoms in total. The highest BCUT2D eigenvalue weighted by molar-refractivity contribution is 7.99. The number of hydrogen-bond donors (Lipinski definition) is 0. The molecule has 1 rings (SSSR count). The van der Waals surface area contributed by atoms with Crippen LogP contribution in [-0.4, -0.2) is 24.1 Å². The van der Waals surface area contributed by atoms with Gasteiger partial charge in [0.05, 0.1) is 0 Å². The van der Waals surface area contributed by atoms with Gasteiger partial charge in [0.2, 0.25) is 5.78 Å². The number of thioether (sulfide) groups is 1. The minimum Gasteiger partial charge on any atom is -0.360 e. The zero-order valence-corrected chi connectivity index (χ0v) is 9.21. The number of carbonyl (C=O) groups is 1. The molecule has 0 bridgehead atoms. The Morgan fingerprint density at radius 2 is 2.07 bits per heavy atom. The highest BCUT2D eigenvalue weighted by Crippen LogP contribution is 2.14. The Hall–Kier alpha value is -0.800. The van der Waals surface area contributed by atoms with E-state index in [-0.39, 0.29) is 11.2 Å². The van der Waals surface area contributed by atoms with Crippen molar-refractivity contribution in [3.63, 3.8) is 0 Å². The standard InChI is InChI=1S/C11H14O2S/c1-3-13-11(14-2)10(12)9-7-5-4-6-8-9/h4-8,11H,3H2,1-2H3. The fraction of sp³-hybridized carbons (Fsp3) is 0.364. The Morgan fingerprint density at radius 1 is 1.43 bits per heavy atom. The number of rotatable bonds is 5. The second kappa shape index (κ2) is 5.83. The van der Waals surface area contributed by atoms with E-state index in [9.17, 15) is 4.79 Å². The van der Waals surface area contributed by atoms with Crippen molar-refractivity contribution in [2.45, 2.75) is 12.4 Å². The molecule has 0 saturated carbocycles. The first kappa shape index (κ1) is 11.3. The summed E-state index contributed by atoms with van der Waals surface area (Å²) < 4.78 is 5.32. The van der Waals surface area contributed by atoms with Crippen molar-refractivity contribution in [2.24, 2.45) is 0 Å². The third-order valence-corrected chi connectivity index (χ3v) is 2.58. The smallest absolute Gasteiger partial charge is 0.201 e. The zero-order chi connectivity index (χ0) is 10.4. The van der Waals surface area contributed by atoms with E-state index < -0.39 is 0 Å². The van der Waals surface area contributed by atoms with Crippen molar-refractivity contribution in [2.75, 3.05) is 12.9 Å². The largest absolute Gasteiger partial charge is 0.360 e. The number of ether oxygens (including phenoxy) is 1. The predicted molar refractivity (Wildman–Crippen MR) is 59.7 cm³/mol. The molecule has 0 aromatic heterocycles. The molecule has 3 heteroatoms. The van der Waals surface area contributed by atoms with E-state index in [2.05, 4.69) is 0 Å². The Bertz CT molecular complexity index is 285. The second-order valence-corrected chi connectivity index (χ2v) is 3.65. The summed E-state index contributed by atoms with van der Waals surface area (Å²) in [6, 6.07) is 9.23. The Labute approximate surface area is 88.7 Å². The van der Waals surface area contributed by atoms with Crippen LogP contribution in [0.5, 0.6) is 0 Å². The van der Waals surface area contributed by atoms with E-state index in [0.29, 0.717) is 12.2 Å². The number of ketones is 1. The van der Waals surface area contributed by atoms with E-state index in [1.807, 2.05) is 43.5 Å². The molecule has 0 aliphatic rings. The van der Waals surface area contributed by atoms with Gasteiger partial charge in [-0.05, 0) is 13.2 Å². The van der Waals surface area contributed by atoms with Crippen LogP contribution in [0.3, 0.4) is 0 Å². The lowest BCUT2D eigenvalue weighted by Crippen LogP contribution is -2.20. The molecule has 14 heavy (non-hydrogen) atoms. The molecule has 0 spiro atoms. The Kier molecular flexibility index (Phi) is 4.70. The molecule has 1 aromatic carbocycles. The number of Topliss-reactive ketones (excluding diaryl/α,β-unsaturated/α-hetero) is 1. The molecule has 0 aliphatic carbocycles. The van der Waals surface area contributed by atoms with Gasteiger partial charge >= 0.3 is 0 Å². The minimum atomic E-state index is -0.373. The SMILES string of the molecule is CCOC(SC)C(=O)c1ccccc1. The van der Waals surface area contributed by atoms with Crippen molar-refractivity contribution >= 4 is 17.5 Å². The molecule has 0 radical (unpaired) electrons. The van der Waals surface area contributed by atoms with E-state index in [0.717, 1.165) is 0 Å². The molecule has 0 fully saturated rings. The summed E-state index contributed by atoms with van der Waals surface area (Å²) in [5, 5.41) is 0. The number of carbonyl (C=O) groups excluding carboxylic acids is 1. The van der Waals surface area contributed by atoms with Crippen LogP contribution in [0.25, 0.3) is 0 Å². The fourth-order valence-electron chi connectivity index (χ4n) is 1.14. The van der Waals surface area contributed by atoms with Crippen LogP contribution in [0.15, 0.2) is 30.3 Å². The second-order valence-electron chi connectivity index (χ2n) is 2.75. The lowest BCUT2D eigenvalue weighted by Gasteiger charge is -2.12. The number of hydrogen-bond acceptors (Lipinski definition) is 3. The van der Waals surface area contributed by atoms with Gasteiger partial charge in [-0.15, -0.1) is 11.8 Å². The first-order valence-electron chi connectivity index (χ1n) is 4.53. The first-order valence-corrected chi connectivity index (χ1v) is 5.82. The maximum atomic E-state index is 11.8. The van der Waals surface area contributed by atoms with Gasteiger partial charge in [0.1, 0.15) is 0 Å². The van der Waals surface area contributed by atoms with Crippen molar-refractivity contribution in [1.82, 2.24) is 0 Å². The van der Waals surface area contributed by atoms with E-state index in [1.54, 1.807) is 0 Å². The summed E-state index contributed by atoms with van der Waals surface area (Å²) in [6.07, 6.45) is 1.88. The summed E-state index contributed by atoms with van der Waals surface area (Å²) in [5.74, 6) is 0.0416. The Morgan fingerprint density at radius 3 is 2.57 bits per heavy atom. The third kappa shape index (κ3) is 2.86. The van der Waals surface area contributed by atoms with Crippen molar-refractivity contribution < 1.29 is 9.53 Å². The fourth-order valence-corrected chi connectivity index (χ4v) is 1.76. The molecule has 1 unspecified atom stereocenters. The molecule has 0 amide bonds. The monoisotopic (exact) mass is 210 g/mol. The maximum Gasteiger partial charge on any atom is 0.201 e. The normalized spacial score (nSPS) is 12.4. The van der Waals surface area contributed by atoms with Gasteiger partial charge in [-0.1, -0.05) is 30.3 Å². The van der Waals surface area contributed by atoms with Crippen LogP contribution in [0.1, 0.15) is 17.3 Å². The van der Waals surface area contributed by atoms with Gasteiger partial charge in [0.15, 0.2) is 5.44 Å². The van der Waals surface area contributed by atoms with E-state index >= 15 is 0 Å². The highest BCUT2D eigenvalue weighted by Gasteiger charge is 2.18. The van der Waals surface area contributed by atoms with Gasteiger partial charge in [0, 0.05) is 12.2 Å². The summed E-state index contributed by atoms with van der Waals surface area (Å²) in [7, 11) is 0. The summed E-state index contributed by atoms with van der Waals surface area (Å²) in [5.41, 5.74) is 0.336. The highest BCUT2D eigenvalue weighted by atomic mass is 32.2. The van der Waals surface area contributed by atoms with Crippen LogP contribution in [-0.2, 0) is 4.74 Å². The van der Waals surface area contributed by atoms with Gasteiger partial charge in [-0.25, -0.2) is 0 Å². The Balaban J connectivity index is 2.73. The summed E-state index contributed by atoms with van der Waals surface area (Å²) in [6.45, 7) is 2.45. The molecule has 0 saturated heterocycles. The molecule has 0 heterocycles. The molecule has 1 aromatic rings. The van der Waals surface area contributed by atoms with Gasteiger partial charge in [-0.3, -0.25) is 4.79 Å². The van der Waals surface area contributed by atoms with Gasteiger partial charge < -0.3 is 4.74 Å². The molecule has 0 aliphatic heterocycles. The quantitative estimate of drug-likeness (QED) is 0.552. The average molecular weight is 210 g/mol. The van der Waals surface area contributed by atoms with E-state index in [1.165, 1.54) is 11.8 Å². The van der Waals surface area contributed by atoms with Crippen molar-refractivity contribution in [1.29, 1.82) is 0 Å². The lowest BCUT2D eigenvalue weighted by molar-refractivity contribution is 0.0709.